The van der Waals surface area contributed by atoms with E-state index in [1.165, 1.54) is 69.4 Å². The van der Waals surface area contributed by atoms with Gasteiger partial charge < -0.3 is 4.57 Å². The van der Waals surface area contributed by atoms with Crippen LogP contribution in [0.1, 0.15) is 56.5 Å². The van der Waals surface area contributed by atoms with Crippen LogP contribution in [0, 0.1) is 17.8 Å². The largest absolute Gasteiger partial charge is 0.335 e. The molecule has 4 fully saturated rings. The predicted octanol–water partition coefficient (Wildman–Crippen LogP) is 3.30. The molecule has 2 heterocycles. The zero-order valence-corrected chi connectivity index (χ0v) is 11.1. The van der Waals surface area contributed by atoms with Crippen molar-refractivity contribution in [3.8, 4) is 0 Å². The van der Waals surface area contributed by atoms with Gasteiger partial charge in [0.1, 0.15) is 5.82 Å². The number of aromatic nitrogens is 2. The summed E-state index contributed by atoms with van der Waals surface area (Å²) in [6.07, 6.45) is 13.9. The molecule has 96 valence electrons. The van der Waals surface area contributed by atoms with Crippen LogP contribution in [0.25, 0.3) is 0 Å². The molecule has 1 aromatic rings. The summed E-state index contributed by atoms with van der Waals surface area (Å²) in [4.78, 5) is 5.04. The van der Waals surface area contributed by atoms with Crippen molar-refractivity contribution in [1.82, 2.24) is 9.55 Å². The number of fused-ring (bicyclic) bond motifs is 1. The van der Waals surface area contributed by atoms with Gasteiger partial charge in [-0.1, -0.05) is 0 Å². The van der Waals surface area contributed by atoms with Crippen LogP contribution in [-0.4, -0.2) is 9.55 Å². The van der Waals surface area contributed by atoms with E-state index in [0.717, 1.165) is 17.8 Å². The van der Waals surface area contributed by atoms with E-state index in [4.69, 9.17) is 4.98 Å². The van der Waals surface area contributed by atoms with Crippen LogP contribution in [-0.2, 0) is 18.4 Å². The lowest BCUT2D eigenvalue weighted by atomic mass is 9.49. The van der Waals surface area contributed by atoms with Crippen LogP contribution in [0.2, 0.25) is 0 Å². The molecule has 0 radical (unpaired) electrons. The number of aryl methyl sites for hydroxylation is 2. The van der Waals surface area contributed by atoms with Crippen molar-refractivity contribution in [1.29, 1.82) is 0 Å². The van der Waals surface area contributed by atoms with Gasteiger partial charge in [-0.3, -0.25) is 0 Å². The first-order valence-electron chi connectivity index (χ1n) is 7.87. The lowest BCUT2D eigenvalue weighted by molar-refractivity contribution is -0.00712. The SMILES string of the molecule is c1c(C23CC4CC(CC(C4)C2)C3)nc2n1CCC2. The van der Waals surface area contributed by atoms with Crippen LogP contribution in [0.15, 0.2) is 6.20 Å². The van der Waals surface area contributed by atoms with Crippen LogP contribution in [0.4, 0.5) is 0 Å². The molecule has 4 bridgehead atoms. The monoisotopic (exact) mass is 242 g/mol. The fraction of sp³-hybridized carbons (Fsp3) is 0.812. The Kier molecular flexibility index (Phi) is 1.79. The Morgan fingerprint density at radius 1 is 1.06 bits per heavy atom. The van der Waals surface area contributed by atoms with E-state index in [1.807, 2.05) is 0 Å². The summed E-state index contributed by atoms with van der Waals surface area (Å²) in [6, 6.07) is 0. The maximum atomic E-state index is 5.04. The second-order valence-electron chi connectivity index (χ2n) is 7.54. The van der Waals surface area contributed by atoms with E-state index in [0.29, 0.717) is 5.41 Å². The van der Waals surface area contributed by atoms with Gasteiger partial charge in [-0.05, 0) is 62.7 Å². The van der Waals surface area contributed by atoms with Gasteiger partial charge in [-0.25, -0.2) is 4.98 Å². The maximum Gasteiger partial charge on any atom is 0.109 e. The molecule has 1 aliphatic heterocycles. The number of hydrogen-bond acceptors (Lipinski definition) is 1. The minimum absolute atomic E-state index is 0.506. The molecular formula is C16H22N2. The molecule has 0 aromatic carbocycles. The van der Waals surface area contributed by atoms with E-state index in [2.05, 4.69) is 10.8 Å². The first kappa shape index (κ1) is 10.1. The first-order valence-corrected chi connectivity index (χ1v) is 7.87. The highest BCUT2D eigenvalue weighted by Crippen LogP contribution is 2.60. The second kappa shape index (κ2) is 3.20. The van der Waals surface area contributed by atoms with E-state index in [-0.39, 0.29) is 0 Å². The smallest absolute Gasteiger partial charge is 0.109 e. The quantitative estimate of drug-likeness (QED) is 0.739. The van der Waals surface area contributed by atoms with Gasteiger partial charge in [0.05, 0.1) is 5.69 Å². The number of rotatable bonds is 1. The standard InChI is InChI=1S/C16H22N2/c1-2-15-17-14(10-18(15)3-1)16-7-11-4-12(8-16)6-13(5-11)9-16/h10-13H,1-9H2. The molecule has 18 heavy (non-hydrogen) atoms. The Morgan fingerprint density at radius 2 is 1.72 bits per heavy atom. The van der Waals surface area contributed by atoms with Crippen molar-refractivity contribution in [3.63, 3.8) is 0 Å². The highest BCUT2D eigenvalue weighted by molar-refractivity contribution is 5.23. The minimum atomic E-state index is 0.506. The molecule has 0 spiro atoms. The third-order valence-corrected chi connectivity index (χ3v) is 6.24. The van der Waals surface area contributed by atoms with Crippen molar-refractivity contribution < 1.29 is 0 Å². The van der Waals surface area contributed by atoms with E-state index < -0.39 is 0 Å². The van der Waals surface area contributed by atoms with Crippen molar-refractivity contribution in [2.45, 2.75) is 63.3 Å². The van der Waals surface area contributed by atoms with Gasteiger partial charge in [0.15, 0.2) is 0 Å². The predicted molar refractivity (Wildman–Crippen MR) is 70.4 cm³/mol. The summed E-state index contributed by atoms with van der Waals surface area (Å²) < 4.78 is 2.44. The number of nitrogens with zero attached hydrogens (tertiary/aromatic N) is 2. The number of hydrogen-bond donors (Lipinski definition) is 0. The normalized spacial score (nSPS) is 44.6. The van der Waals surface area contributed by atoms with Crippen molar-refractivity contribution in [2.24, 2.45) is 17.8 Å². The molecule has 4 aliphatic carbocycles. The molecule has 6 rings (SSSR count). The topological polar surface area (TPSA) is 17.8 Å². The van der Waals surface area contributed by atoms with Gasteiger partial charge in [0, 0.05) is 24.6 Å². The van der Waals surface area contributed by atoms with E-state index >= 15 is 0 Å². The Balaban J connectivity index is 1.58. The third-order valence-electron chi connectivity index (χ3n) is 6.24. The molecule has 2 nitrogen and oxygen atoms in total. The van der Waals surface area contributed by atoms with Crippen LogP contribution >= 0.6 is 0 Å². The molecule has 0 unspecified atom stereocenters. The van der Waals surface area contributed by atoms with E-state index in [1.54, 1.807) is 0 Å². The third kappa shape index (κ3) is 1.22. The molecule has 5 aliphatic rings. The summed E-state index contributed by atoms with van der Waals surface area (Å²) in [5.74, 6) is 4.48. The Bertz CT molecular complexity index is 442. The Morgan fingerprint density at radius 3 is 2.33 bits per heavy atom. The summed E-state index contributed by atoms with van der Waals surface area (Å²) in [7, 11) is 0. The van der Waals surface area contributed by atoms with Gasteiger partial charge >= 0.3 is 0 Å². The summed E-state index contributed by atoms with van der Waals surface area (Å²) in [5, 5.41) is 0. The highest BCUT2D eigenvalue weighted by Gasteiger charge is 2.52. The molecule has 1 aromatic heterocycles. The molecule has 4 saturated carbocycles. The fourth-order valence-electron chi connectivity index (χ4n) is 5.93. The van der Waals surface area contributed by atoms with Gasteiger partial charge in [0.2, 0.25) is 0 Å². The molecule has 0 saturated heterocycles. The first-order chi connectivity index (χ1) is 8.81. The lowest BCUT2D eigenvalue weighted by Crippen LogP contribution is -2.48. The molecule has 0 atom stereocenters. The van der Waals surface area contributed by atoms with Crippen molar-refractivity contribution in [2.75, 3.05) is 0 Å². The molecule has 0 amide bonds. The lowest BCUT2D eigenvalue weighted by Gasteiger charge is -2.56. The highest BCUT2D eigenvalue weighted by atomic mass is 15.1. The zero-order valence-electron chi connectivity index (χ0n) is 11.1. The second-order valence-corrected chi connectivity index (χ2v) is 7.54. The molecule has 0 N–H and O–H groups in total. The average Bonchev–Trinajstić information content (AvgIpc) is 2.86. The van der Waals surface area contributed by atoms with Crippen LogP contribution < -0.4 is 0 Å². The van der Waals surface area contributed by atoms with Crippen molar-refractivity contribution in [3.05, 3.63) is 17.7 Å². The van der Waals surface area contributed by atoms with Crippen molar-refractivity contribution >= 4 is 0 Å². The minimum Gasteiger partial charge on any atom is -0.335 e. The zero-order chi connectivity index (χ0) is 11.7. The summed E-state index contributed by atoms with van der Waals surface area (Å²) in [6.45, 7) is 1.22. The van der Waals surface area contributed by atoms with Gasteiger partial charge in [0.25, 0.3) is 0 Å². The Hall–Kier alpha value is -0.790. The molecular weight excluding hydrogens is 220 g/mol. The summed E-state index contributed by atoms with van der Waals surface area (Å²) in [5.41, 5.74) is 1.99. The Labute approximate surface area is 109 Å². The molecule has 2 heteroatoms. The van der Waals surface area contributed by atoms with Gasteiger partial charge in [-0.15, -0.1) is 0 Å². The fourth-order valence-corrected chi connectivity index (χ4v) is 5.93. The summed E-state index contributed by atoms with van der Waals surface area (Å²) >= 11 is 0. The maximum absolute atomic E-state index is 5.04. The number of imidazole rings is 1. The van der Waals surface area contributed by atoms with Gasteiger partial charge in [-0.2, -0.15) is 0 Å². The van der Waals surface area contributed by atoms with Crippen LogP contribution in [0.5, 0.6) is 0 Å². The van der Waals surface area contributed by atoms with E-state index in [9.17, 15) is 0 Å². The van der Waals surface area contributed by atoms with Crippen LogP contribution in [0.3, 0.4) is 0 Å². The average molecular weight is 242 g/mol.